The summed E-state index contributed by atoms with van der Waals surface area (Å²) in [7, 11) is 0. The number of rotatable bonds is 2. The van der Waals surface area contributed by atoms with Gasteiger partial charge in [0.1, 0.15) is 17.4 Å². The zero-order valence-corrected chi connectivity index (χ0v) is 15.1. The van der Waals surface area contributed by atoms with E-state index in [0.29, 0.717) is 11.5 Å². The van der Waals surface area contributed by atoms with E-state index in [1.54, 1.807) is 18.6 Å². The van der Waals surface area contributed by atoms with Crippen molar-refractivity contribution in [3.8, 4) is 6.07 Å². The number of allylic oxidation sites excluding steroid dienone is 3. The molecule has 0 bridgehead atoms. The molecule has 2 N–H and O–H groups in total. The number of pyridine rings is 2. The Bertz CT molecular complexity index is 984. The third kappa shape index (κ3) is 3.22. The van der Waals surface area contributed by atoms with Crippen LogP contribution in [0.25, 0.3) is 6.08 Å². The Morgan fingerprint density at radius 3 is 2.63 bits per heavy atom. The first kappa shape index (κ1) is 17.0. The molecule has 2 aromatic rings. The first-order chi connectivity index (χ1) is 13.2. The molecule has 2 aromatic heterocycles. The number of nitriles is 1. The van der Waals surface area contributed by atoms with Gasteiger partial charge in [0.15, 0.2) is 0 Å². The number of ether oxygens (including phenoxy) is 1. The maximum atomic E-state index is 9.72. The van der Waals surface area contributed by atoms with Crippen molar-refractivity contribution >= 4 is 6.08 Å². The van der Waals surface area contributed by atoms with E-state index in [-0.39, 0.29) is 11.8 Å². The second-order valence-electron chi connectivity index (χ2n) is 7.03. The van der Waals surface area contributed by atoms with Gasteiger partial charge in [0.2, 0.25) is 5.88 Å². The maximum absolute atomic E-state index is 9.72. The summed E-state index contributed by atoms with van der Waals surface area (Å²) < 4.78 is 5.98. The third-order valence-electron chi connectivity index (χ3n) is 5.00. The van der Waals surface area contributed by atoms with Gasteiger partial charge in [-0.15, -0.1) is 0 Å². The summed E-state index contributed by atoms with van der Waals surface area (Å²) in [4.78, 5) is 8.43. The van der Waals surface area contributed by atoms with E-state index in [4.69, 9.17) is 10.5 Å². The maximum Gasteiger partial charge on any atom is 0.205 e. The SMILES string of the molecule is C[C@H]1CC2=C(OC(N)=C(C#N)[C@H]2c2cccnc2)/C(=C\c2cccnc2)C1. The number of nitrogens with zero attached hydrogens (tertiary/aromatic N) is 3. The summed E-state index contributed by atoms with van der Waals surface area (Å²) in [5, 5.41) is 9.72. The van der Waals surface area contributed by atoms with Gasteiger partial charge in [-0.25, -0.2) is 0 Å². The second-order valence-corrected chi connectivity index (χ2v) is 7.03. The van der Waals surface area contributed by atoms with E-state index in [1.807, 2.05) is 30.5 Å². The molecule has 0 radical (unpaired) electrons. The topological polar surface area (TPSA) is 84.8 Å². The van der Waals surface area contributed by atoms with Crippen LogP contribution < -0.4 is 5.73 Å². The fraction of sp³-hybridized carbons (Fsp3) is 0.227. The summed E-state index contributed by atoms with van der Waals surface area (Å²) in [5.41, 5.74) is 10.8. The Hall–Kier alpha value is -3.39. The smallest absolute Gasteiger partial charge is 0.205 e. The molecule has 0 amide bonds. The van der Waals surface area contributed by atoms with Crippen LogP contribution in [0.1, 0.15) is 36.8 Å². The van der Waals surface area contributed by atoms with Gasteiger partial charge >= 0.3 is 0 Å². The van der Waals surface area contributed by atoms with Crippen LogP contribution in [0, 0.1) is 17.2 Å². The van der Waals surface area contributed by atoms with Gasteiger partial charge in [0.05, 0.1) is 5.92 Å². The van der Waals surface area contributed by atoms with Crippen LogP contribution >= 0.6 is 0 Å². The van der Waals surface area contributed by atoms with Crippen molar-refractivity contribution < 1.29 is 4.74 Å². The molecule has 1 aliphatic heterocycles. The number of nitrogens with two attached hydrogens (primary N) is 1. The Kier molecular flexibility index (Phi) is 4.47. The zero-order valence-electron chi connectivity index (χ0n) is 15.1. The van der Waals surface area contributed by atoms with Gasteiger partial charge in [-0.2, -0.15) is 5.26 Å². The lowest BCUT2D eigenvalue weighted by Gasteiger charge is -2.35. The number of hydrogen-bond acceptors (Lipinski definition) is 5. The molecule has 27 heavy (non-hydrogen) atoms. The predicted octanol–water partition coefficient (Wildman–Crippen LogP) is 4.05. The Morgan fingerprint density at radius 2 is 1.96 bits per heavy atom. The largest absolute Gasteiger partial charge is 0.440 e. The molecular weight excluding hydrogens is 336 g/mol. The molecule has 0 aromatic carbocycles. The van der Waals surface area contributed by atoms with E-state index in [0.717, 1.165) is 40.9 Å². The highest BCUT2D eigenvalue weighted by Gasteiger charge is 2.37. The molecule has 3 heterocycles. The lowest BCUT2D eigenvalue weighted by atomic mass is 9.74. The van der Waals surface area contributed by atoms with Crippen LogP contribution in [0.15, 0.2) is 77.4 Å². The molecule has 5 heteroatoms. The fourth-order valence-electron chi connectivity index (χ4n) is 3.90. The molecule has 0 saturated heterocycles. The predicted molar refractivity (Wildman–Crippen MR) is 103 cm³/mol. The molecule has 1 aliphatic carbocycles. The zero-order chi connectivity index (χ0) is 18.8. The number of hydrogen-bond donors (Lipinski definition) is 1. The van der Waals surface area contributed by atoms with Gasteiger partial charge in [0, 0.05) is 24.8 Å². The highest BCUT2D eigenvalue weighted by molar-refractivity contribution is 5.61. The van der Waals surface area contributed by atoms with Crippen LogP contribution in [-0.4, -0.2) is 9.97 Å². The Balaban J connectivity index is 1.87. The summed E-state index contributed by atoms with van der Waals surface area (Å²) >= 11 is 0. The molecule has 2 aliphatic rings. The van der Waals surface area contributed by atoms with Crippen molar-refractivity contribution in [2.45, 2.75) is 25.7 Å². The van der Waals surface area contributed by atoms with Gasteiger partial charge in [-0.3, -0.25) is 9.97 Å². The van der Waals surface area contributed by atoms with E-state index < -0.39 is 0 Å². The van der Waals surface area contributed by atoms with Gasteiger partial charge < -0.3 is 10.5 Å². The fourth-order valence-corrected chi connectivity index (χ4v) is 3.90. The van der Waals surface area contributed by atoms with Crippen LogP contribution in [0.4, 0.5) is 0 Å². The first-order valence-corrected chi connectivity index (χ1v) is 8.99. The molecule has 0 spiro atoms. The molecule has 4 rings (SSSR count). The summed E-state index contributed by atoms with van der Waals surface area (Å²) in [6.45, 7) is 2.22. The van der Waals surface area contributed by atoms with E-state index in [9.17, 15) is 5.26 Å². The van der Waals surface area contributed by atoms with Gasteiger partial charge in [0.25, 0.3) is 0 Å². The molecule has 0 unspecified atom stereocenters. The molecule has 0 saturated carbocycles. The first-order valence-electron chi connectivity index (χ1n) is 8.99. The third-order valence-corrected chi connectivity index (χ3v) is 5.00. The molecule has 134 valence electrons. The quantitative estimate of drug-likeness (QED) is 0.877. The van der Waals surface area contributed by atoms with Crippen molar-refractivity contribution in [1.29, 1.82) is 5.26 Å². The lowest BCUT2D eigenvalue weighted by molar-refractivity contribution is 0.268. The molecule has 0 fully saturated rings. The van der Waals surface area contributed by atoms with E-state index in [2.05, 4.69) is 29.0 Å². The van der Waals surface area contributed by atoms with Crippen molar-refractivity contribution in [2.24, 2.45) is 11.7 Å². The molecular formula is C22H20N4O. The highest BCUT2D eigenvalue weighted by Crippen LogP contribution is 2.48. The van der Waals surface area contributed by atoms with E-state index in [1.165, 1.54) is 0 Å². The monoisotopic (exact) mass is 356 g/mol. The van der Waals surface area contributed by atoms with Gasteiger partial charge in [-0.05, 0) is 59.2 Å². The summed E-state index contributed by atoms with van der Waals surface area (Å²) in [6, 6.07) is 10.1. The van der Waals surface area contributed by atoms with Gasteiger partial charge in [-0.1, -0.05) is 19.1 Å². The average molecular weight is 356 g/mol. The lowest BCUT2D eigenvalue weighted by Crippen LogP contribution is -2.26. The van der Waals surface area contributed by atoms with Crippen LogP contribution in [-0.2, 0) is 4.74 Å². The average Bonchev–Trinajstić information content (AvgIpc) is 2.69. The highest BCUT2D eigenvalue weighted by atomic mass is 16.5. The summed E-state index contributed by atoms with van der Waals surface area (Å²) in [5.74, 6) is 1.19. The van der Waals surface area contributed by atoms with Crippen LogP contribution in [0.3, 0.4) is 0 Å². The molecule has 5 nitrogen and oxygen atoms in total. The minimum atomic E-state index is -0.215. The van der Waals surface area contributed by atoms with Crippen molar-refractivity contribution in [3.05, 3.63) is 88.5 Å². The second kappa shape index (κ2) is 7.08. The standard InChI is InChI=1S/C22H20N4O/c1-14-8-17(10-15-4-2-6-25-12-15)21-18(9-14)20(16-5-3-7-26-13-16)19(11-23)22(24)27-21/h2-7,10,12-14,20H,8-9,24H2,1H3/b17-10-/t14-,20+/m1/s1. The van der Waals surface area contributed by atoms with E-state index >= 15 is 0 Å². The van der Waals surface area contributed by atoms with Crippen molar-refractivity contribution in [1.82, 2.24) is 9.97 Å². The number of aromatic nitrogens is 2. The van der Waals surface area contributed by atoms with Crippen LogP contribution in [0.2, 0.25) is 0 Å². The molecule has 2 atom stereocenters. The van der Waals surface area contributed by atoms with Crippen molar-refractivity contribution in [2.75, 3.05) is 0 Å². The Morgan fingerprint density at radius 1 is 1.19 bits per heavy atom. The van der Waals surface area contributed by atoms with Crippen molar-refractivity contribution in [3.63, 3.8) is 0 Å². The van der Waals surface area contributed by atoms with Crippen LogP contribution in [0.5, 0.6) is 0 Å². The minimum absolute atomic E-state index is 0.178. The minimum Gasteiger partial charge on any atom is -0.440 e. The normalized spacial score (nSPS) is 23.6. The summed E-state index contributed by atoms with van der Waals surface area (Å²) in [6.07, 6.45) is 11.0. The Labute approximate surface area is 158 Å².